The van der Waals surface area contributed by atoms with Crippen LogP contribution in [0.2, 0.25) is 0 Å². The van der Waals surface area contributed by atoms with Gasteiger partial charge >= 0.3 is 0 Å². The molecule has 1 aliphatic carbocycles. The number of nitrogen functional groups attached to an aromatic ring is 1. The zero-order chi connectivity index (χ0) is 11.3. The SMILES string of the molecule is CNC1(C)CC(C)(C)c2ccc(N)cc21. The van der Waals surface area contributed by atoms with Gasteiger partial charge < -0.3 is 11.1 Å². The van der Waals surface area contributed by atoms with Crippen LogP contribution in [0.5, 0.6) is 0 Å². The number of nitrogens with two attached hydrogens (primary N) is 1. The van der Waals surface area contributed by atoms with Gasteiger partial charge in [0, 0.05) is 11.2 Å². The third-order valence-electron chi connectivity index (χ3n) is 3.71. The van der Waals surface area contributed by atoms with Crippen molar-refractivity contribution in [1.29, 1.82) is 0 Å². The van der Waals surface area contributed by atoms with E-state index in [1.54, 1.807) is 0 Å². The largest absolute Gasteiger partial charge is 0.399 e. The highest BCUT2D eigenvalue weighted by Crippen LogP contribution is 2.48. The predicted octanol–water partition coefficient (Wildman–Crippen LogP) is 2.38. The van der Waals surface area contributed by atoms with Gasteiger partial charge in [-0.15, -0.1) is 0 Å². The van der Waals surface area contributed by atoms with E-state index in [9.17, 15) is 0 Å². The molecule has 1 aromatic rings. The monoisotopic (exact) mass is 204 g/mol. The third kappa shape index (κ3) is 1.44. The van der Waals surface area contributed by atoms with Gasteiger partial charge in [-0.1, -0.05) is 19.9 Å². The number of benzene rings is 1. The quantitative estimate of drug-likeness (QED) is 0.689. The molecule has 1 aromatic carbocycles. The van der Waals surface area contributed by atoms with Crippen LogP contribution in [0.3, 0.4) is 0 Å². The van der Waals surface area contributed by atoms with E-state index in [0.29, 0.717) is 0 Å². The first-order valence-corrected chi connectivity index (χ1v) is 5.48. The van der Waals surface area contributed by atoms with Crippen LogP contribution < -0.4 is 11.1 Å². The van der Waals surface area contributed by atoms with Crippen molar-refractivity contribution in [3.05, 3.63) is 29.3 Å². The Morgan fingerprint density at radius 2 is 1.87 bits per heavy atom. The normalized spacial score (nSPS) is 27.7. The molecular weight excluding hydrogens is 184 g/mol. The maximum atomic E-state index is 5.87. The molecule has 0 saturated heterocycles. The molecule has 1 aliphatic rings. The molecule has 82 valence electrons. The molecular formula is C13H20N2. The van der Waals surface area contributed by atoms with Gasteiger partial charge in [-0.3, -0.25) is 0 Å². The molecule has 1 unspecified atom stereocenters. The highest BCUT2D eigenvalue weighted by molar-refractivity contribution is 5.53. The van der Waals surface area contributed by atoms with Gasteiger partial charge in [0.1, 0.15) is 0 Å². The number of anilines is 1. The molecule has 0 spiro atoms. The molecule has 0 aromatic heterocycles. The fourth-order valence-corrected chi connectivity index (χ4v) is 2.91. The molecule has 0 fully saturated rings. The lowest BCUT2D eigenvalue weighted by Gasteiger charge is -2.27. The van der Waals surface area contributed by atoms with Crippen LogP contribution >= 0.6 is 0 Å². The zero-order valence-electron chi connectivity index (χ0n) is 10.0. The van der Waals surface area contributed by atoms with Crippen LogP contribution in [-0.2, 0) is 11.0 Å². The van der Waals surface area contributed by atoms with E-state index in [1.807, 2.05) is 13.1 Å². The Morgan fingerprint density at radius 1 is 1.20 bits per heavy atom. The molecule has 0 saturated carbocycles. The van der Waals surface area contributed by atoms with E-state index < -0.39 is 0 Å². The first kappa shape index (κ1) is 10.5. The Bertz CT molecular complexity index is 396. The van der Waals surface area contributed by atoms with E-state index in [-0.39, 0.29) is 11.0 Å². The minimum absolute atomic E-state index is 0.0637. The maximum Gasteiger partial charge on any atom is 0.0415 e. The van der Waals surface area contributed by atoms with Gasteiger partial charge in [-0.2, -0.15) is 0 Å². The number of nitrogens with one attached hydrogen (secondary N) is 1. The second-order valence-electron chi connectivity index (χ2n) is 5.45. The van der Waals surface area contributed by atoms with Crippen LogP contribution in [0.15, 0.2) is 18.2 Å². The molecule has 3 N–H and O–H groups in total. The lowest BCUT2D eigenvalue weighted by Crippen LogP contribution is -2.35. The average molecular weight is 204 g/mol. The summed E-state index contributed by atoms with van der Waals surface area (Å²) >= 11 is 0. The number of rotatable bonds is 1. The second kappa shape index (κ2) is 2.99. The molecule has 1 atom stereocenters. The van der Waals surface area contributed by atoms with E-state index in [2.05, 4.69) is 38.2 Å². The Kier molecular flexibility index (Phi) is 2.09. The lowest BCUT2D eigenvalue weighted by molar-refractivity contribution is 0.332. The molecule has 2 rings (SSSR count). The van der Waals surface area contributed by atoms with Crippen molar-refractivity contribution < 1.29 is 0 Å². The Hall–Kier alpha value is -1.02. The zero-order valence-corrected chi connectivity index (χ0v) is 10.0. The summed E-state index contributed by atoms with van der Waals surface area (Å²) in [4.78, 5) is 0. The molecule has 2 nitrogen and oxygen atoms in total. The van der Waals surface area contributed by atoms with Crippen molar-refractivity contribution in [2.75, 3.05) is 12.8 Å². The topological polar surface area (TPSA) is 38.0 Å². The summed E-state index contributed by atoms with van der Waals surface area (Å²) in [6, 6.07) is 6.29. The maximum absolute atomic E-state index is 5.87. The Labute approximate surface area is 91.9 Å². The molecule has 15 heavy (non-hydrogen) atoms. The van der Waals surface area contributed by atoms with Gasteiger partial charge in [0.15, 0.2) is 0 Å². The summed E-state index contributed by atoms with van der Waals surface area (Å²) in [5, 5.41) is 3.42. The summed E-state index contributed by atoms with van der Waals surface area (Å²) in [6.07, 6.45) is 1.12. The first-order valence-electron chi connectivity index (χ1n) is 5.48. The first-order chi connectivity index (χ1) is 6.89. The minimum Gasteiger partial charge on any atom is -0.399 e. The van der Waals surface area contributed by atoms with Crippen molar-refractivity contribution in [2.24, 2.45) is 0 Å². The standard InChI is InChI=1S/C13H20N2/c1-12(2)8-13(3,15-4)11-7-9(14)5-6-10(11)12/h5-7,15H,8,14H2,1-4H3. The van der Waals surface area contributed by atoms with Crippen LogP contribution in [0.4, 0.5) is 5.69 Å². The van der Waals surface area contributed by atoms with Crippen LogP contribution in [0.25, 0.3) is 0 Å². The lowest BCUT2D eigenvalue weighted by atomic mass is 9.85. The Balaban J connectivity index is 2.64. The molecule has 0 radical (unpaired) electrons. The molecule has 0 amide bonds. The van der Waals surface area contributed by atoms with Gasteiger partial charge in [0.25, 0.3) is 0 Å². The molecule has 0 bridgehead atoms. The molecule has 2 heteroatoms. The summed E-state index contributed by atoms with van der Waals surface area (Å²) in [5.41, 5.74) is 9.80. The molecule has 0 aliphatic heterocycles. The van der Waals surface area contributed by atoms with Gasteiger partial charge in [-0.25, -0.2) is 0 Å². The van der Waals surface area contributed by atoms with Crippen LogP contribution in [0.1, 0.15) is 38.3 Å². The van der Waals surface area contributed by atoms with Gasteiger partial charge in [0.2, 0.25) is 0 Å². The van der Waals surface area contributed by atoms with E-state index in [4.69, 9.17) is 5.73 Å². The number of fused-ring (bicyclic) bond motifs is 1. The summed E-state index contributed by atoms with van der Waals surface area (Å²) in [7, 11) is 2.02. The van der Waals surface area contributed by atoms with E-state index in [1.165, 1.54) is 11.1 Å². The van der Waals surface area contributed by atoms with Gasteiger partial charge in [-0.05, 0) is 49.1 Å². The van der Waals surface area contributed by atoms with Crippen molar-refractivity contribution >= 4 is 5.69 Å². The summed E-state index contributed by atoms with van der Waals surface area (Å²) in [5.74, 6) is 0. The van der Waals surface area contributed by atoms with Crippen molar-refractivity contribution in [3.8, 4) is 0 Å². The number of hydrogen-bond donors (Lipinski definition) is 2. The summed E-state index contributed by atoms with van der Waals surface area (Å²) in [6.45, 7) is 6.84. The Morgan fingerprint density at radius 3 is 2.47 bits per heavy atom. The highest BCUT2D eigenvalue weighted by Gasteiger charge is 2.43. The van der Waals surface area contributed by atoms with Gasteiger partial charge in [0.05, 0.1) is 0 Å². The predicted molar refractivity (Wildman–Crippen MR) is 64.9 cm³/mol. The fraction of sp³-hybridized carbons (Fsp3) is 0.538. The van der Waals surface area contributed by atoms with E-state index >= 15 is 0 Å². The average Bonchev–Trinajstić information content (AvgIpc) is 2.35. The smallest absolute Gasteiger partial charge is 0.0415 e. The summed E-state index contributed by atoms with van der Waals surface area (Å²) < 4.78 is 0. The van der Waals surface area contributed by atoms with Crippen molar-refractivity contribution in [1.82, 2.24) is 5.32 Å². The fourth-order valence-electron chi connectivity index (χ4n) is 2.91. The van der Waals surface area contributed by atoms with Crippen molar-refractivity contribution in [3.63, 3.8) is 0 Å². The van der Waals surface area contributed by atoms with Crippen LogP contribution in [0, 0.1) is 0 Å². The molecule has 0 heterocycles. The minimum atomic E-state index is 0.0637. The van der Waals surface area contributed by atoms with Crippen LogP contribution in [-0.4, -0.2) is 7.05 Å². The number of hydrogen-bond acceptors (Lipinski definition) is 2. The van der Waals surface area contributed by atoms with E-state index in [0.717, 1.165) is 12.1 Å². The van der Waals surface area contributed by atoms with Crippen molar-refractivity contribution in [2.45, 2.75) is 38.1 Å². The third-order valence-corrected chi connectivity index (χ3v) is 3.71. The second-order valence-corrected chi connectivity index (χ2v) is 5.45. The highest BCUT2D eigenvalue weighted by atomic mass is 14.9.